The Morgan fingerprint density at radius 2 is 1.71 bits per heavy atom. The molecule has 0 radical (unpaired) electrons. The Hall–Kier alpha value is -1.97. The highest BCUT2D eigenvalue weighted by atomic mass is 16.3. The first kappa shape index (κ1) is 14.4. The summed E-state index contributed by atoms with van der Waals surface area (Å²) >= 11 is 0. The quantitative estimate of drug-likeness (QED) is 0.785. The van der Waals surface area contributed by atoms with Gasteiger partial charge in [0.25, 0.3) is 0 Å². The molecule has 0 aromatic heterocycles. The largest absolute Gasteiger partial charge is 0.390 e. The molecular weight excluding hydrogens is 300 g/mol. The molecule has 0 heterocycles. The Balaban J connectivity index is 1.76. The second-order valence-corrected chi connectivity index (χ2v) is 7.50. The van der Waals surface area contributed by atoms with Crippen molar-refractivity contribution >= 4 is 5.78 Å². The minimum Gasteiger partial charge on any atom is -0.390 e. The fraction of sp³-hybridized carbons (Fsp3) is 0.381. The first-order valence-electron chi connectivity index (χ1n) is 8.72. The Kier molecular flexibility index (Phi) is 2.86. The molecular formula is C21H20O3. The lowest BCUT2D eigenvalue weighted by molar-refractivity contribution is -0.135. The van der Waals surface area contributed by atoms with Gasteiger partial charge in [0.05, 0.1) is 11.7 Å². The predicted octanol–water partition coefficient (Wildman–Crippen LogP) is 2.81. The van der Waals surface area contributed by atoms with Crippen LogP contribution in [-0.4, -0.2) is 27.7 Å². The van der Waals surface area contributed by atoms with E-state index in [2.05, 4.69) is 12.1 Å². The van der Waals surface area contributed by atoms with E-state index < -0.39 is 11.7 Å². The summed E-state index contributed by atoms with van der Waals surface area (Å²) in [6.45, 7) is 0. The number of aliphatic hydroxyl groups excluding tert-OH is 1. The molecule has 1 fully saturated rings. The fourth-order valence-electron chi connectivity index (χ4n) is 5.40. The highest BCUT2D eigenvalue weighted by Crippen LogP contribution is 2.59. The SMILES string of the molecule is O=C1c2ccccc2[C@H]2[C@@H]1C[C@H](O)[C@@]1(O)CCc3ccccc3[C@@H]21. The minimum absolute atomic E-state index is 0.0384. The molecule has 3 nitrogen and oxygen atoms in total. The van der Waals surface area contributed by atoms with Gasteiger partial charge in [-0.15, -0.1) is 0 Å². The van der Waals surface area contributed by atoms with E-state index in [-0.39, 0.29) is 23.5 Å². The van der Waals surface area contributed by atoms with Crippen molar-refractivity contribution in [2.45, 2.75) is 42.8 Å². The zero-order chi connectivity index (χ0) is 16.5. The minimum atomic E-state index is -1.15. The number of hydrogen-bond donors (Lipinski definition) is 2. The van der Waals surface area contributed by atoms with Crippen LogP contribution < -0.4 is 0 Å². The second-order valence-electron chi connectivity index (χ2n) is 7.50. The average Bonchev–Trinajstić information content (AvgIpc) is 2.88. The van der Waals surface area contributed by atoms with E-state index in [1.54, 1.807) is 0 Å². The smallest absolute Gasteiger partial charge is 0.166 e. The van der Waals surface area contributed by atoms with Crippen LogP contribution in [0.4, 0.5) is 0 Å². The van der Waals surface area contributed by atoms with Crippen LogP contribution in [0.5, 0.6) is 0 Å². The maximum atomic E-state index is 12.9. The average molecular weight is 320 g/mol. The van der Waals surface area contributed by atoms with Crippen LogP contribution in [0.15, 0.2) is 48.5 Å². The van der Waals surface area contributed by atoms with Gasteiger partial charge in [-0.05, 0) is 36.0 Å². The van der Waals surface area contributed by atoms with Gasteiger partial charge in [-0.25, -0.2) is 0 Å². The molecule has 3 aliphatic carbocycles. The zero-order valence-corrected chi connectivity index (χ0v) is 13.4. The topological polar surface area (TPSA) is 57.5 Å². The summed E-state index contributed by atoms with van der Waals surface area (Å²) in [6.07, 6.45) is 0.825. The lowest BCUT2D eigenvalue weighted by Gasteiger charge is -2.52. The highest BCUT2D eigenvalue weighted by Gasteiger charge is 2.60. The molecule has 5 atom stereocenters. The third kappa shape index (κ3) is 1.66. The summed E-state index contributed by atoms with van der Waals surface area (Å²) in [4.78, 5) is 12.9. The summed E-state index contributed by atoms with van der Waals surface area (Å²) in [6, 6.07) is 15.9. The molecule has 0 amide bonds. The number of ketones is 1. The van der Waals surface area contributed by atoms with E-state index in [4.69, 9.17) is 0 Å². The van der Waals surface area contributed by atoms with Crippen LogP contribution in [0.3, 0.4) is 0 Å². The molecule has 2 N–H and O–H groups in total. The monoisotopic (exact) mass is 320 g/mol. The van der Waals surface area contributed by atoms with E-state index in [0.717, 1.165) is 23.1 Å². The van der Waals surface area contributed by atoms with Gasteiger partial charge in [0.15, 0.2) is 5.78 Å². The molecule has 5 rings (SSSR count). The van der Waals surface area contributed by atoms with Crippen molar-refractivity contribution in [3.05, 3.63) is 70.8 Å². The number of hydrogen-bond acceptors (Lipinski definition) is 3. The summed E-state index contributed by atoms with van der Waals surface area (Å²) in [5.74, 6) is -0.360. The lowest BCUT2D eigenvalue weighted by Crippen LogP contribution is -2.57. The Labute approximate surface area is 141 Å². The number of Topliss-reactive ketones (excluding diaryl/α,β-unsaturated/α-hetero) is 1. The molecule has 3 aliphatic rings. The van der Waals surface area contributed by atoms with E-state index in [9.17, 15) is 15.0 Å². The van der Waals surface area contributed by atoms with E-state index in [1.165, 1.54) is 5.56 Å². The molecule has 3 heteroatoms. The normalized spacial score (nSPS) is 36.5. The Morgan fingerprint density at radius 1 is 1.00 bits per heavy atom. The first-order valence-corrected chi connectivity index (χ1v) is 8.72. The Bertz CT molecular complexity index is 842. The Morgan fingerprint density at radius 3 is 2.54 bits per heavy atom. The van der Waals surface area contributed by atoms with Gasteiger partial charge >= 0.3 is 0 Å². The van der Waals surface area contributed by atoms with Gasteiger partial charge in [-0.3, -0.25) is 4.79 Å². The highest BCUT2D eigenvalue weighted by molar-refractivity contribution is 6.03. The van der Waals surface area contributed by atoms with Crippen molar-refractivity contribution in [2.75, 3.05) is 0 Å². The molecule has 0 bridgehead atoms. The van der Waals surface area contributed by atoms with Gasteiger partial charge in [-0.1, -0.05) is 48.5 Å². The molecule has 2 aromatic carbocycles. The third-order valence-corrected chi connectivity index (χ3v) is 6.49. The number of benzene rings is 2. The van der Waals surface area contributed by atoms with Crippen LogP contribution in [0.2, 0.25) is 0 Å². The van der Waals surface area contributed by atoms with Crippen molar-refractivity contribution in [3.8, 4) is 0 Å². The number of rotatable bonds is 0. The van der Waals surface area contributed by atoms with Gasteiger partial charge < -0.3 is 10.2 Å². The summed E-state index contributed by atoms with van der Waals surface area (Å²) < 4.78 is 0. The predicted molar refractivity (Wildman–Crippen MR) is 90.1 cm³/mol. The molecule has 122 valence electrons. The van der Waals surface area contributed by atoms with Crippen molar-refractivity contribution < 1.29 is 15.0 Å². The molecule has 0 saturated heterocycles. The summed E-state index contributed by atoms with van der Waals surface area (Å²) in [7, 11) is 0. The second kappa shape index (κ2) is 4.78. The molecule has 24 heavy (non-hydrogen) atoms. The molecule has 0 aliphatic heterocycles. The molecule has 1 saturated carbocycles. The molecule has 0 unspecified atom stereocenters. The lowest BCUT2D eigenvalue weighted by atomic mass is 9.56. The number of aliphatic hydroxyl groups is 2. The maximum absolute atomic E-state index is 12.9. The number of carbonyl (C=O) groups is 1. The third-order valence-electron chi connectivity index (χ3n) is 6.49. The zero-order valence-electron chi connectivity index (χ0n) is 13.4. The van der Waals surface area contributed by atoms with Crippen molar-refractivity contribution in [2.24, 2.45) is 5.92 Å². The van der Waals surface area contributed by atoms with Crippen molar-refractivity contribution in [1.82, 2.24) is 0 Å². The maximum Gasteiger partial charge on any atom is 0.166 e. The van der Waals surface area contributed by atoms with E-state index >= 15 is 0 Å². The van der Waals surface area contributed by atoms with E-state index in [0.29, 0.717) is 12.8 Å². The van der Waals surface area contributed by atoms with Crippen LogP contribution >= 0.6 is 0 Å². The molecule has 0 spiro atoms. The van der Waals surface area contributed by atoms with Crippen molar-refractivity contribution in [3.63, 3.8) is 0 Å². The van der Waals surface area contributed by atoms with Crippen LogP contribution in [-0.2, 0) is 6.42 Å². The van der Waals surface area contributed by atoms with Gasteiger partial charge in [0.1, 0.15) is 0 Å². The summed E-state index contributed by atoms with van der Waals surface area (Å²) in [5, 5.41) is 22.1. The van der Waals surface area contributed by atoms with Gasteiger partial charge in [-0.2, -0.15) is 0 Å². The van der Waals surface area contributed by atoms with Gasteiger partial charge in [0.2, 0.25) is 0 Å². The fourth-order valence-corrected chi connectivity index (χ4v) is 5.40. The number of carbonyl (C=O) groups excluding carboxylic acids is 1. The summed E-state index contributed by atoms with van der Waals surface area (Å²) in [5.41, 5.74) is 3.00. The van der Waals surface area contributed by atoms with Crippen LogP contribution in [0.25, 0.3) is 0 Å². The standard InChI is InChI=1S/C21H20O3/c22-17-11-16-18(14-7-3-4-8-15(14)20(16)23)19-13-6-2-1-5-12(13)9-10-21(17,19)24/h1-8,16-19,22,24H,9-11H2/t16-,17-,18-,19-,21-/m0/s1. The van der Waals surface area contributed by atoms with Crippen LogP contribution in [0, 0.1) is 5.92 Å². The van der Waals surface area contributed by atoms with Crippen LogP contribution in [0.1, 0.15) is 51.7 Å². The molecule has 2 aromatic rings. The van der Waals surface area contributed by atoms with Gasteiger partial charge in [0, 0.05) is 23.3 Å². The van der Waals surface area contributed by atoms with E-state index in [1.807, 2.05) is 36.4 Å². The first-order chi connectivity index (χ1) is 11.6. The number of aryl methyl sites for hydroxylation is 1. The van der Waals surface area contributed by atoms with Crippen molar-refractivity contribution in [1.29, 1.82) is 0 Å². The number of fused-ring (bicyclic) bond motifs is 7.